The van der Waals surface area contributed by atoms with Gasteiger partial charge in [0, 0.05) is 103 Å². The highest BCUT2D eigenvalue weighted by molar-refractivity contribution is 7.26. The van der Waals surface area contributed by atoms with Gasteiger partial charge in [0.1, 0.15) is 0 Å². The van der Waals surface area contributed by atoms with Gasteiger partial charge in [-0.25, -0.2) is 0 Å². The molecule has 0 fully saturated rings. The van der Waals surface area contributed by atoms with Crippen LogP contribution in [0.15, 0.2) is 522 Å². The van der Waals surface area contributed by atoms with Crippen LogP contribution >= 0.6 is 11.3 Å². The van der Waals surface area contributed by atoms with Crippen molar-refractivity contribution in [2.24, 2.45) is 0 Å². The van der Waals surface area contributed by atoms with Gasteiger partial charge in [-0.15, -0.1) is 11.3 Å². The van der Waals surface area contributed by atoms with Crippen molar-refractivity contribution < 1.29 is 0 Å². The first-order valence-corrected chi connectivity index (χ1v) is 47.9. The lowest BCUT2D eigenvalue weighted by atomic mass is 9.86. The Labute approximate surface area is 796 Å². The zero-order valence-corrected chi connectivity index (χ0v) is 75.7. The predicted molar refractivity (Wildman–Crippen MR) is 590 cm³/mol. The monoisotopic (exact) mass is 1760 g/mol. The zero-order chi connectivity index (χ0) is 90.4. The topological polar surface area (TPSA) is 16.3 Å². The van der Waals surface area contributed by atoms with E-state index in [1.807, 2.05) is 11.3 Å². The summed E-state index contributed by atoms with van der Waals surface area (Å²) in [5.41, 5.74) is 24.0. The summed E-state index contributed by atoms with van der Waals surface area (Å²) in [5, 5.41) is 30.6. The van der Waals surface area contributed by atoms with Gasteiger partial charge in [0.05, 0.1) is 33.4 Å². The summed E-state index contributed by atoms with van der Waals surface area (Å²) < 4.78 is 7.43. The fourth-order valence-electron chi connectivity index (χ4n) is 22.1. The Morgan fingerprint density at radius 2 is 0.416 bits per heavy atom. The average molecular weight is 1760 g/mol. The average Bonchev–Trinajstić information content (AvgIpc) is 1.01. The van der Waals surface area contributed by atoms with Crippen LogP contribution in [0.2, 0.25) is 0 Å². The third-order valence-electron chi connectivity index (χ3n) is 27.9. The minimum atomic E-state index is 1.13. The number of hydrogen-bond acceptors (Lipinski definition) is 3. The lowest BCUT2D eigenvalue weighted by molar-refractivity contribution is 1.18. The van der Waals surface area contributed by atoms with Gasteiger partial charge >= 0.3 is 0 Å². The normalized spacial score (nSPS) is 11.6. The highest BCUT2D eigenvalue weighted by atomic mass is 32.1. The van der Waals surface area contributed by atoms with E-state index in [9.17, 15) is 0 Å². The summed E-state index contributed by atoms with van der Waals surface area (Å²) in [6.45, 7) is 0. The second-order valence-corrected chi connectivity index (χ2v) is 36.5. The molecule has 28 aromatic rings. The van der Waals surface area contributed by atoms with E-state index >= 15 is 0 Å². The lowest BCUT2D eigenvalue weighted by Gasteiger charge is -2.28. The maximum atomic E-state index is 2.41. The molecule has 4 nitrogen and oxygen atoms in total. The molecule has 0 aliphatic carbocycles. The highest BCUT2D eigenvalue weighted by Gasteiger charge is 2.27. The summed E-state index contributed by atoms with van der Waals surface area (Å²) in [6, 6.07) is 190. The number of rotatable bonds is 12. The number of para-hydroxylation sites is 8. The van der Waals surface area contributed by atoms with Crippen molar-refractivity contribution in [1.82, 2.24) is 9.13 Å². The summed E-state index contributed by atoms with van der Waals surface area (Å²) in [4.78, 5) is 4.82. The largest absolute Gasteiger partial charge is 0.310 e. The van der Waals surface area contributed by atoms with Crippen LogP contribution in [0.4, 0.5) is 34.1 Å². The second-order valence-electron chi connectivity index (χ2n) is 35.4. The first-order chi connectivity index (χ1) is 68.1. The second kappa shape index (κ2) is 33.8. The molecule has 640 valence electrons. The number of hydrogen-bond donors (Lipinski definition) is 0. The molecule has 3 heterocycles. The quantitative estimate of drug-likeness (QED) is 0.113. The van der Waals surface area contributed by atoms with Crippen LogP contribution < -0.4 is 9.80 Å². The van der Waals surface area contributed by atoms with Crippen LogP contribution in [-0.4, -0.2) is 9.13 Å². The fourth-order valence-corrected chi connectivity index (χ4v) is 23.4. The Morgan fingerprint density at radius 3 is 0.803 bits per heavy atom. The number of fused-ring (bicyclic) bond motifs is 27. The van der Waals surface area contributed by atoms with Crippen LogP contribution in [0.5, 0.6) is 0 Å². The maximum absolute atomic E-state index is 2.41. The van der Waals surface area contributed by atoms with Gasteiger partial charge in [0.15, 0.2) is 0 Å². The molecule has 28 rings (SSSR count). The molecule has 0 atom stereocenters. The van der Waals surface area contributed by atoms with E-state index in [-0.39, 0.29) is 0 Å². The van der Waals surface area contributed by atoms with Gasteiger partial charge in [-0.1, -0.05) is 394 Å². The summed E-state index contributed by atoms with van der Waals surface area (Å²) in [6.07, 6.45) is 0. The fraction of sp³-hybridized carbons (Fsp3) is 0. The molecule has 0 N–H and O–H groups in total. The smallest absolute Gasteiger partial charge is 0.0546 e. The van der Waals surface area contributed by atoms with E-state index in [0.29, 0.717) is 0 Å². The van der Waals surface area contributed by atoms with E-state index in [0.717, 1.165) is 28.4 Å². The summed E-state index contributed by atoms with van der Waals surface area (Å²) in [7, 11) is 0. The van der Waals surface area contributed by atoms with Crippen LogP contribution in [0.3, 0.4) is 0 Å². The Hall–Kier alpha value is -17.7. The molecule has 0 radical (unpaired) electrons. The third kappa shape index (κ3) is 13.5. The first kappa shape index (κ1) is 80.1. The van der Waals surface area contributed by atoms with Crippen LogP contribution in [-0.2, 0) is 0 Å². The van der Waals surface area contributed by atoms with Gasteiger partial charge in [-0.05, 0) is 242 Å². The minimum Gasteiger partial charge on any atom is -0.310 e. The van der Waals surface area contributed by atoms with Gasteiger partial charge in [-0.3, -0.25) is 0 Å². The molecule has 0 unspecified atom stereocenters. The van der Waals surface area contributed by atoms with Crippen molar-refractivity contribution in [1.29, 1.82) is 0 Å². The Bertz CT molecular complexity index is 9510. The van der Waals surface area contributed by atoms with E-state index < -0.39 is 0 Å². The van der Waals surface area contributed by atoms with E-state index in [2.05, 4.69) is 541 Å². The molecule has 0 aliphatic heterocycles. The SMILES string of the molecule is c1ccc(-c2cccc3c4ccccc4c4cccc(-c5ccc6c(c5)c5ccccc5n6-c5ccccc5)c4c23)cc1.c1ccc(N(c2ccccc2)c2cccc3c4ccccc4c4cccc(-c5ccc6c(c5)c5ccccc5n6-c5ccccc5)c4c23)cc1.c1ccc(N(c2ccccc2)c2cccc3c4ccccc4c4cccc(-c5cccc6c5sc5ccccc56)c4c23)cc1. The first-order valence-electron chi connectivity index (χ1n) is 47.1. The van der Waals surface area contributed by atoms with Gasteiger partial charge in [0.25, 0.3) is 0 Å². The molecule has 0 aliphatic rings. The Morgan fingerprint density at radius 1 is 0.153 bits per heavy atom. The maximum Gasteiger partial charge on any atom is 0.0546 e. The number of thiophene rings is 1. The van der Waals surface area contributed by atoms with Gasteiger partial charge in [-0.2, -0.15) is 0 Å². The van der Waals surface area contributed by atoms with Crippen molar-refractivity contribution in [3.63, 3.8) is 0 Å². The lowest BCUT2D eigenvalue weighted by Crippen LogP contribution is -2.10. The molecule has 0 amide bonds. The standard InChI is InChI=1S/C48H32N2.C42H27NS.C42H27N/c1-4-16-34(17-5-1)49(35-18-6-2-7-19-35)46-29-15-27-42-39-23-11-10-22-38(39)41-26-14-25-37(47(41)48(42)46)33-30-31-45-43(32-33)40-24-12-13-28-44(40)50(45)36-20-8-3-9-21-36;1-3-14-28(15-4-1)43(29-16-5-2-6-17-29)38-26-13-23-34-31-19-8-7-18-30(31)33-21-11-22-35(40(33)41(34)38)37-25-12-24-36-32-20-9-10-27-39(32)44-42(36)37;1-3-13-28(14-4-1)31-20-11-22-36-33-17-7-8-18-34(33)37-23-12-21-32(42(37)41(31)36)29-25-26-40-38(27-29)35-19-9-10-24-39(35)43(40)30-15-5-2-6-16-30/h1-32H;1-27H;1-27H. The summed E-state index contributed by atoms with van der Waals surface area (Å²) in [5.74, 6) is 0. The highest BCUT2D eigenvalue weighted by Crippen LogP contribution is 2.54. The number of anilines is 6. The minimum absolute atomic E-state index is 1.13. The van der Waals surface area contributed by atoms with Crippen molar-refractivity contribution in [3.8, 4) is 55.9 Å². The molecule has 0 bridgehead atoms. The predicted octanol–water partition coefficient (Wildman–Crippen LogP) is 37.6. The molecular formula is C132H86N4S. The number of nitrogens with zero attached hydrogens (tertiary/aromatic N) is 4. The molecule has 137 heavy (non-hydrogen) atoms. The molecule has 25 aromatic carbocycles. The summed E-state index contributed by atoms with van der Waals surface area (Å²) >= 11 is 1.89. The van der Waals surface area contributed by atoms with Crippen molar-refractivity contribution >= 4 is 206 Å². The molecule has 0 saturated heterocycles. The zero-order valence-electron chi connectivity index (χ0n) is 74.8. The van der Waals surface area contributed by atoms with Crippen LogP contribution in [0, 0.1) is 0 Å². The van der Waals surface area contributed by atoms with Crippen LogP contribution in [0.1, 0.15) is 0 Å². The van der Waals surface area contributed by atoms with E-state index in [4.69, 9.17) is 0 Å². The third-order valence-corrected chi connectivity index (χ3v) is 29.1. The Balaban J connectivity index is 0.000000107. The molecule has 3 aromatic heterocycles. The number of benzene rings is 25. The molecular weight excluding hydrogens is 1670 g/mol. The van der Waals surface area contributed by atoms with Crippen LogP contribution in [0.25, 0.3) is 217 Å². The van der Waals surface area contributed by atoms with Crippen molar-refractivity contribution in [2.45, 2.75) is 0 Å². The van der Waals surface area contributed by atoms with E-state index in [1.165, 1.54) is 222 Å². The van der Waals surface area contributed by atoms with Gasteiger partial charge in [0.2, 0.25) is 0 Å². The Kier molecular flexibility index (Phi) is 19.8. The van der Waals surface area contributed by atoms with E-state index in [1.54, 1.807) is 0 Å². The molecule has 0 saturated carbocycles. The molecule has 5 heteroatoms. The van der Waals surface area contributed by atoms with Gasteiger partial charge < -0.3 is 18.9 Å². The molecule has 0 spiro atoms. The van der Waals surface area contributed by atoms with Crippen molar-refractivity contribution in [2.75, 3.05) is 9.80 Å². The van der Waals surface area contributed by atoms with Crippen molar-refractivity contribution in [3.05, 3.63) is 522 Å². The number of aromatic nitrogens is 2.